The van der Waals surface area contributed by atoms with Crippen LogP contribution in [0.5, 0.6) is 0 Å². The Balaban J connectivity index is 1.62. The molecule has 1 aliphatic heterocycles. The quantitative estimate of drug-likeness (QED) is 0.910. The Kier molecular flexibility index (Phi) is 5.29. The highest BCUT2D eigenvalue weighted by molar-refractivity contribution is 6.33. The maximum Gasteiger partial charge on any atom is 0.307 e. The van der Waals surface area contributed by atoms with Crippen LogP contribution in [-0.4, -0.2) is 48.1 Å². The maximum absolute atomic E-state index is 12.8. The second kappa shape index (κ2) is 7.43. The van der Waals surface area contributed by atoms with Gasteiger partial charge in [-0.15, -0.1) is 0 Å². The highest BCUT2D eigenvalue weighted by Gasteiger charge is 2.38. The lowest BCUT2D eigenvalue weighted by molar-refractivity contribution is -0.152. The molecule has 1 aromatic carbocycles. The number of benzene rings is 1. The molecule has 5 nitrogen and oxygen atoms in total. The van der Waals surface area contributed by atoms with Crippen LogP contribution in [0.1, 0.15) is 25.7 Å². The van der Waals surface area contributed by atoms with E-state index in [2.05, 4.69) is 4.90 Å². The zero-order valence-electron chi connectivity index (χ0n) is 13.7. The van der Waals surface area contributed by atoms with Crippen LogP contribution in [-0.2, 0) is 9.59 Å². The van der Waals surface area contributed by atoms with Gasteiger partial charge in [-0.05, 0) is 25.0 Å². The van der Waals surface area contributed by atoms with Gasteiger partial charge in [-0.1, -0.05) is 36.6 Å². The summed E-state index contributed by atoms with van der Waals surface area (Å²) in [7, 11) is 0. The van der Waals surface area contributed by atoms with E-state index in [0.29, 0.717) is 25.9 Å². The number of halogens is 1. The minimum absolute atomic E-state index is 0.0147. The van der Waals surface area contributed by atoms with Gasteiger partial charge in [-0.3, -0.25) is 9.59 Å². The molecule has 1 saturated carbocycles. The molecule has 1 saturated heterocycles. The molecule has 1 heterocycles. The highest BCUT2D eigenvalue weighted by Crippen LogP contribution is 2.32. The summed E-state index contributed by atoms with van der Waals surface area (Å²) in [4.78, 5) is 28.2. The topological polar surface area (TPSA) is 60.9 Å². The number of amides is 1. The van der Waals surface area contributed by atoms with E-state index in [1.54, 1.807) is 0 Å². The molecule has 1 N–H and O–H groups in total. The smallest absolute Gasteiger partial charge is 0.307 e. The Bertz CT molecular complexity index is 614. The number of carbonyl (C=O) groups is 2. The Morgan fingerprint density at radius 1 is 1.00 bits per heavy atom. The predicted molar refractivity (Wildman–Crippen MR) is 93.3 cm³/mol. The van der Waals surface area contributed by atoms with E-state index in [1.165, 1.54) is 0 Å². The summed E-state index contributed by atoms with van der Waals surface area (Å²) in [6.45, 7) is 2.68. The van der Waals surface area contributed by atoms with E-state index in [-0.39, 0.29) is 11.8 Å². The first-order valence-electron chi connectivity index (χ1n) is 8.59. The SMILES string of the molecule is O=C(O)[C@@H]1CCCC[C@H]1C(=O)N1CCN(c2ccccc2Cl)CC1. The van der Waals surface area contributed by atoms with Gasteiger partial charge in [0.05, 0.1) is 22.5 Å². The van der Waals surface area contributed by atoms with Crippen molar-refractivity contribution in [1.82, 2.24) is 4.90 Å². The normalized spacial score (nSPS) is 24.7. The number of hydrogen-bond acceptors (Lipinski definition) is 3. The number of anilines is 1. The number of rotatable bonds is 3. The van der Waals surface area contributed by atoms with Crippen LogP contribution in [0.4, 0.5) is 5.69 Å². The van der Waals surface area contributed by atoms with E-state index in [4.69, 9.17) is 11.6 Å². The van der Waals surface area contributed by atoms with Crippen LogP contribution in [0.2, 0.25) is 5.02 Å². The van der Waals surface area contributed by atoms with Crippen molar-refractivity contribution < 1.29 is 14.7 Å². The van der Waals surface area contributed by atoms with E-state index in [9.17, 15) is 14.7 Å². The number of piperazine rings is 1. The molecule has 0 aromatic heterocycles. The third-order valence-corrected chi connectivity index (χ3v) is 5.50. The molecule has 1 aromatic rings. The summed E-state index contributed by atoms with van der Waals surface area (Å²) in [6.07, 6.45) is 3.16. The lowest BCUT2D eigenvalue weighted by atomic mass is 9.78. The number of carboxylic acid groups (broad SMARTS) is 1. The molecule has 0 unspecified atom stereocenters. The van der Waals surface area contributed by atoms with Crippen molar-refractivity contribution in [1.29, 1.82) is 0 Å². The molecule has 0 radical (unpaired) electrons. The lowest BCUT2D eigenvalue weighted by Gasteiger charge is -2.39. The van der Waals surface area contributed by atoms with Crippen LogP contribution in [0.3, 0.4) is 0 Å². The lowest BCUT2D eigenvalue weighted by Crippen LogP contribution is -2.52. The minimum Gasteiger partial charge on any atom is -0.481 e. The number of nitrogens with zero attached hydrogens (tertiary/aromatic N) is 2. The van der Waals surface area contributed by atoms with Crippen molar-refractivity contribution in [3.8, 4) is 0 Å². The van der Waals surface area contributed by atoms with Crippen LogP contribution in [0.25, 0.3) is 0 Å². The Labute approximate surface area is 147 Å². The fraction of sp³-hybridized carbons (Fsp3) is 0.556. The van der Waals surface area contributed by atoms with Crippen molar-refractivity contribution in [2.45, 2.75) is 25.7 Å². The van der Waals surface area contributed by atoms with Gasteiger partial charge in [0.1, 0.15) is 0 Å². The van der Waals surface area contributed by atoms with Crippen LogP contribution in [0, 0.1) is 11.8 Å². The fourth-order valence-electron chi connectivity index (χ4n) is 3.83. The average molecular weight is 351 g/mol. The molecule has 0 spiro atoms. The molecular formula is C18H23ClN2O3. The van der Waals surface area contributed by atoms with Crippen LogP contribution >= 0.6 is 11.6 Å². The first-order chi connectivity index (χ1) is 11.6. The van der Waals surface area contributed by atoms with Gasteiger partial charge >= 0.3 is 5.97 Å². The summed E-state index contributed by atoms with van der Waals surface area (Å²) in [5.41, 5.74) is 0.993. The third kappa shape index (κ3) is 3.51. The largest absolute Gasteiger partial charge is 0.481 e. The summed E-state index contributed by atoms with van der Waals surface area (Å²) in [5.74, 6) is -1.69. The number of para-hydroxylation sites is 1. The van der Waals surface area contributed by atoms with Crippen molar-refractivity contribution in [2.24, 2.45) is 11.8 Å². The van der Waals surface area contributed by atoms with Gasteiger partial charge in [0.15, 0.2) is 0 Å². The molecule has 2 atom stereocenters. The van der Waals surface area contributed by atoms with Gasteiger partial charge in [-0.25, -0.2) is 0 Å². The summed E-state index contributed by atoms with van der Waals surface area (Å²) < 4.78 is 0. The van der Waals surface area contributed by atoms with Crippen molar-refractivity contribution in [3.63, 3.8) is 0 Å². The van der Waals surface area contributed by atoms with Crippen LogP contribution < -0.4 is 4.90 Å². The maximum atomic E-state index is 12.8. The molecule has 0 bridgehead atoms. The second-order valence-electron chi connectivity index (χ2n) is 6.60. The van der Waals surface area contributed by atoms with Crippen LogP contribution in [0.15, 0.2) is 24.3 Å². The highest BCUT2D eigenvalue weighted by atomic mass is 35.5. The predicted octanol–water partition coefficient (Wildman–Crippen LogP) is 2.88. The fourth-order valence-corrected chi connectivity index (χ4v) is 4.09. The zero-order chi connectivity index (χ0) is 17.1. The standard InChI is InChI=1S/C18H23ClN2O3/c19-15-7-3-4-8-16(15)20-9-11-21(12-10-20)17(22)13-5-1-2-6-14(13)18(23)24/h3-4,7-8,13-14H,1-2,5-6,9-12H2,(H,23,24)/t13-,14-/m1/s1. The van der Waals surface area contributed by atoms with Gasteiger partial charge in [-0.2, -0.15) is 0 Å². The van der Waals surface area contributed by atoms with E-state index in [1.807, 2.05) is 29.2 Å². The molecule has 1 aliphatic carbocycles. The second-order valence-corrected chi connectivity index (χ2v) is 7.01. The summed E-state index contributed by atoms with van der Waals surface area (Å²) >= 11 is 6.24. The third-order valence-electron chi connectivity index (χ3n) is 5.18. The molecule has 2 fully saturated rings. The zero-order valence-corrected chi connectivity index (χ0v) is 14.4. The number of carboxylic acids is 1. The van der Waals surface area contributed by atoms with Gasteiger partial charge < -0.3 is 14.9 Å². The van der Waals surface area contributed by atoms with E-state index >= 15 is 0 Å². The number of hydrogen-bond donors (Lipinski definition) is 1. The van der Waals surface area contributed by atoms with E-state index in [0.717, 1.165) is 36.6 Å². The monoisotopic (exact) mass is 350 g/mol. The first kappa shape index (κ1) is 17.1. The van der Waals surface area contributed by atoms with E-state index < -0.39 is 11.9 Å². The first-order valence-corrected chi connectivity index (χ1v) is 8.97. The minimum atomic E-state index is -0.831. The van der Waals surface area contributed by atoms with Gasteiger partial charge in [0, 0.05) is 26.2 Å². The molecular weight excluding hydrogens is 328 g/mol. The number of carbonyl (C=O) groups excluding carboxylic acids is 1. The molecule has 2 aliphatic rings. The molecule has 6 heteroatoms. The molecule has 24 heavy (non-hydrogen) atoms. The Morgan fingerprint density at radius 2 is 1.62 bits per heavy atom. The Hall–Kier alpha value is -1.75. The van der Waals surface area contributed by atoms with Gasteiger partial charge in [0.25, 0.3) is 0 Å². The van der Waals surface area contributed by atoms with Gasteiger partial charge in [0.2, 0.25) is 5.91 Å². The molecule has 130 valence electrons. The summed E-state index contributed by atoms with van der Waals surface area (Å²) in [6, 6.07) is 7.72. The average Bonchev–Trinajstić information content (AvgIpc) is 2.62. The summed E-state index contributed by atoms with van der Waals surface area (Å²) in [5, 5.41) is 10.1. The van der Waals surface area contributed by atoms with Crippen molar-refractivity contribution in [3.05, 3.63) is 29.3 Å². The molecule has 3 rings (SSSR count). The molecule has 1 amide bonds. The Morgan fingerprint density at radius 3 is 2.25 bits per heavy atom. The van der Waals surface area contributed by atoms with Crippen molar-refractivity contribution in [2.75, 3.05) is 31.1 Å². The number of aliphatic carboxylic acids is 1. The van der Waals surface area contributed by atoms with Crippen molar-refractivity contribution >= 4 is 29.2 Å².